The van der Waals surface area contributed by atoms with Gasteiger partial charge in [-0.25, -0.2) is 4.79 Å². The van der Waals surface area contributed by atoms with Crippen LogP contribution in [0.5, 0.6) is 0 Å². The number of nitrogens with zero attached hydrogens (tertiary/aromatic N) is 2. The van der Waals surface area contributed by atoms with Crippen molar-refractivity contribution in [2.24, 2.45) is 0 Å². The highest BCUT2D eigenvalue weighted by atomic mass is 32.1. The number of thiocarbonyl (C=S) groups is 1. The SMILES string of the molecule is Cc1cc(C(=O)O)ccc1-c1ccc(C2C(c3ccccn3)NC(=S)N2C2CCCCC2)o1. The number of hydrogen-bond acceptors (Lipinski definition) is 4. The Labute approximate surface area is 198 Å². The molecule has 0 amide bonds. The van der Waals surface area contributed by atoms with Crippen LogP contribution in [0.2, 0.25) is 0 Å². The van der Waals surface area contributed by atoms with E-state index in [1.54, 1.807) is 18.3 Å². The summed E-state index contributed by atoms with van der Waals surface area (Å²) in [5, 5.41) is 13.5. The molecule has 2 fully saturated rings. The fourth-order valence-electron chi connectivity index (χ4n) is 5.15. The molecule has 1 aromatic carbocycles. The molecule has 7 heteroatoms. The van der Waals surface area contributed by atoms with Crippen LogP contribution < -0.4 is 5.32 Å². The van der Waals surface area contributed by atoms with Crippen LogP contribution in [0.3, 0.4) is 0 Å². The van der Waals surface area contributed by atoms with Crippen molar-refractivity contribution in [3.63, 3.8) is 0 Å². The van der Waals surface area contributed by atoms with Gasteiger partial charge in [-0.05, 0) is 73.9 Å². The first-order valence-corrected chi connectivity index (χ1v) is 11.9. The average molecular weight is 462 g/mol. The fraction of sp³-hybridized carbons (Fsp3) is 0.346. The van der Waals surface area contributed by atoms with Crippen LogP contribution in [-0.2, 0) is 0 Å². The number of nitrogens with one attached hydrogen (secondary N) is 1. The highest BCUT2D eigenvalue weighted by molar-refractivity contribution is 7.80. The Hall–Kier alpha value is -3.19. The number of hydrogen-bond donors (Lipinski definition) is 2. The van der Waals surface area contributed by atoms with Crippen molar-refractivity contribution in [2.45, 2.75) is 57.2 Å². The molecule has 2 unspecified atom stereocenters. The molecule has 0 bridgehead atoms. The Bertz CT molecular complexity index is 1170. The third kappa shape index (κ3) is 4.13. The van der Waals surface area contributed by atoms with Crippen LogP contribution >= 0.6 is 12.2 Å². The van der Waals surface area contributed by atoms with Crippen molar-refractivity contribution in [1.29, 1.82) is 0 Å². The molecule has 170 valence electrons. The minimum absolute atomic E-state index is 0.0946. The van der Waals surface area contributed by atoms with Gasteiger partial charge in [0.1, 0.15) is 17.6 Å². The van der Waals surface area contributed by atoms with Crippen molar-refractivity contribution in [1.82, 2.24) is 15.2 Å². The van der Waals surface area contributed by atoms with Gasteiger partial charge >= 0.3 is 5.97 Å². The highest BCUT2D eigenvalue weighted by Gasteiger charge is 2.44. The lowest BCUT2D eigenvalue weighted by molar-refractivity contribution is 0.0697. The molecule has 33 heavy (non-hydrogen) atoms. The van der Waals surface area contributed by atoms with E-state index in [-0.39, 0.29) is 17.6 Å². The van der Waals surface area contributed by atoms with Crippen LogP contribution in [0.25, 0.3) is 11.3 Å². The van der Waals surface area contributed by atoms with Crippen LogP contribution in [0, 0.1) is 6.92 Å². The second kappa shape index (κ2) is 8.98. The maximum absolute atomic E-state index is 11.3. The van der Waals surface area contributed by atoms with Gasteiger partial charge in [-0.1, -0.05) is 31.4 Å². The number of carbonyl (C=O) groups is 1. The van der Waals surface area contributed by atoms with E-state index >= 15 is 0 Å². The third-order valence-corrected chi connectivity index (χ3v) is 7.09. The fourth-order valence-corrected chi connectivity index (χ4v) is 5.54. The van der Waals surface area contributed by atoms with E-state index in [0.29, 0.717) is 6.04 Å². The molecular weight excluding hydrogens is 434 g/mol. The first-order chi connectivity index (χ1) is 16.0. The predicted molar refractivity (Wildman–Crippen MR) is 130 cm³/mol. The first-order valence-electron chi connectivity index (χ1n) is 11.5. The summed E-state index contributed by atoms with van der Waals surface area (Å²) in [5.41, 5.74) is 2.95. The number of pyridine rings is 1. The Morgan fingerprint density at radius 3 is 2.67 bits per heavy atom. The number of rotatable bonds is 5. The Morgan fingerprint density at radius 2 is 1.97 bits per heavy atom. The third-order valence-electron chi connectivity index (χ3n) is 6.76. The van der Waals surface area contributed by atoms with Crippen molar-refractivity contribution in [3.8, 4) is 11.3 Å². The molecule has 1 saturated heterocycles. The number of aryl methyl sites for hydroxylation is 1. The summed E-state index contributed by atoms with van der Waals surface area (Å²) in [6.45, 7) is 1.90. The molecule has 1 saturated carbocycles. The smallest absolute Gasteiger partial charge is 0.335 e. The van der Waals surface area contributed by atoms with E-state index in [9.17, 15) is 9.90 Å². The molecule has 3 heterocycles. The maximum atomic E-state index is 11.3. The van der Waals surface area contributed by atoms with Gasteiger partial charge in [0.2, 0.25) is 0 Å². The number of benzene rings is 1. The van der Waals surface area contributed by atoms with Crippen LogP contribution in [0.4, 0.5) is 0 Å². The van der Waals surface area contributed by atoms with Gasteiger partial charge in [0.25, 0.3) is 0 Å². The van der Waals surface area contributed by atoms with Gasteiger partial charge in [0, 0.05) is 17.8 Å². The summed E-state index contributed by atoms with van der Waals surface area (Å²) < 4.78 is 6.44. The molecule has 0 radical (unpaired) electrons. The molecule has 2 aromatic heterocycles. The van der Waals surface area contributed by atoms with Crippen molar-refractivity contribution in [2.75, 3.05) is 0 Å². The number of furan rings is 1. The summed E-state index contributed by atoms with van der Waals surface area (Å²) in [5.74, 6) is 0.623. The summed E-state index contributed by atoms with van der Waals surface area (Å²) in [6, 6.07) is 15.2. The van der Waals surface area contributed by atoms with Gasteiger partial charge < -0.3 is 19.7 Å². The molecule has 5 rings (SSSR count). The lowest BCUT2D eigenvalue weighted by atomic mass is 9.92. The number of carboxylic acids is 1. The molecule has 3 aromatic rings. The normalized spacial score (nSPS) is 21.2. The predicted octanol–water partition coefficient (Wildman–Crippen LogP) is 5.65. The molecule has 2 atom stereocenters. The lowest BCUT2D eigenvalue weighted by Gasteiger charge is -2.36. The van der Waals surface area contributed by atoms with Gasteiger partial charge in [-0.15, -0.1) is 0 Å². The monoisotopic (exact) mass is 461 g/mol. The van der Waals surface area contributed by atoms with E-state index in [2.05, 4.69) is 15.2 Å². The minimum Gasteiger partial charge on any atom is -0.478 e. The minimum atomic E-state index is -0.934. The van der Waals surface area contributed by atoms with Crippen molar-refractivity contribution >= 4 is 23.3 Å². The zero-order valence-electron chi connectivity index (χ0n) is 18.5. The van der Waals surface area contributed by atoms with E-state index in [0.717, 1.165) is 46.3 Å². The second-order valence-electron chi connectivity index (χ2n) is 8.86. The molecule has 1 aliphatic carbocycles. The Balaban J connectivity index is 1.53. The van der Waals surface area contributed by atoms with Gasteiger partial charge in [-0.3, -0.25) is 4.98 Å². The van der Waals surface area contributed by atoms with Gasteiger partial charge in [0.15, 0.2) is 5.11 Å². The zero-order chi connectivity index (χ0) is 22.9. The number of carboxylic acid groups (broad SMARTS) is 1. The van der Waals surface area contributed by atoms with Crippen LogP contribution in [0.1, 0.15) is 71.6 Å². The largest absolute Gasteiger partial charge is 0.478 e. The summed E-state index contributed by atoms with van der Waals surface area (Å²) in [7, 11) is 0. The van der Waals surface area contributed by atoms with Gasteiger partial charge in [-0.2, -0.15) is 0 Å². The first kappa shape index (κ1) is 21.6. The Morgan fingerprint density at radius 1 is 1.15 bits per heavy atom. The molecule has 1 aliphatic heterocycles. The topological polar surface area (TPSA) is 78.6 Å². The van der Waals surface area contributed by atoms with Crippen LogP contribution in [0.15, 0.2) is 59.1 Å². The standard InChI is InChI=1S/C26H27N3O3S/c1-16-15-17(25(30)31)10-11-19(16)21-12-13-22(32-21)24-23(20-9-5-6-14-27-20)28-26(33)29(24)18-7-3-2-4-8-18/h5-6,9-15,18,23-24H,2-4,7-8H2,1H3,(H,28,33)(H,30,31). The molecule has 6 nitrogen and oxygen atoms in total. The van der Waals surface area contributed by atoms with E-state index in [1.807, 2.05) is 43.3 Å². The van der Waals surface area contributed by atoms with Crippen molar-refractivity contribution in [3.05, 3.63) is 77.3 Å². The highest BCUT2D eigenvalue weighted by Crippen LogP contribution is 2.43. The summed E-state index contributed by atoms with van der Waals surface area (Å²) in [6.07, 6.45) is 7.75. The summed E-state index contributed by atoms with van der Waals surface area (Å²) >= 11 is 5.82. The quantitative estimate of drug-likeness (QED) is 0.475. The van der Waals surface area contributed by atoms with E-state index < -0.39 is 5.97 Å². The maximum Gasteiger partial charge on any atom is 0.335 e. The number of aromatic carboxylic acids is 1. The van der Waals surface area contributed by atoms with Crippen molar-refractivity contribution < 1.29 is 14.3 Å². The zero-order valence-corrected chi connectivity index (χ0v) is 19.3. The molecule has 0 spiro atoms. The molecule has 2 N–H and O–H groups in total. The second-order valence-corrected chi connectivity index (χ2v) is 9.25. The van der Waals surface area contributed by atoms with E-state index in [4.69, 9.17) is 16.6 Å². The average Bonchev–Trinajstić information content (AvgIpc) is 3.44. The van der Waals surface area contributed by atoms with Gasteiger partial charge in [0.05, 0.1) is 17.3 Å². The number of aromatic nitrogens is 1. The lowest BCUT2D eigenvalue weighted by Crippen LogP contribution is -2.40. The Kier molecular flexibility index (Phi) is 5.89. The molecular formula is C26H27N3O3S. The van der Waals surface area contributed by atoms with E-state index in [1.165, 1.54) is 19.3 Å². The summed E-state index contributed by atoms with van der Waals surface area (Å²) in [4.78, 5) is 18.3. The molecule has 2 aliphatic rings. The van der Waals surface area contributed by atoms with Crippen LogP contribution in [-0.4, -0.2) is 32.1 Å².